The van der Waals surface area contributed by atoms with Gasteiger partial charge in [0.05, 0.1) is 28.4 Å². The SMILES string of the molecule is C=CCOc1ccc([C@@H]2/C(=C(\O)c3ccc4c(c3)C[C@H](C)O4)C(=O)C(=O)N2c2nc3ccc(C)cc3s2)cc1OCC. The Morgan fingerprint density at radius 3 is 2.76 bits per heavy atom. The third-order valence-electron chi connectivity index (χ3n) is 7.29. The van der Waals surface area contributed by atoms with Gasteiger partial charge in [-0.2, -0.15) is 0 Å². The molecule has 1 N–H and O–H groups in total. The lowest BCUT2D eigenvalue weighted by molar-refractivity contribution is -0.132. The van der Waals surface area contributed by atoms with Crippen molar-refractivity contribution in [1.82, 2.24) is 4.98 Å². The lowest BCUT2D eigenvalue weighted by Crippen LogP contribution is -2.29. The summed E-state index contributed by atoms with van der Waals surface area (Å²) in [5, 5.41) is 12.0. The maximum absolute atomic E-state index is 13.7. The molecule has 4 aromatic rings. The smallest absolute Gasteiger partial charge is 0.301 e. The van der Waals surface area contributed by atoms with Gasteiger partial charge in [0.2, 0.25) is 0 Å². The number of aromatic nitrogens is 1. The minimum absolute atomic E-state index is 0.0180. The van der Waals surface area contributed by atoms with E-state index in [0.717, 1.165) is 27.1 Å². The van der Waals surface area contributed by atoms with Crippen molar-refractivity contribution >= 4 is 44.1 Å². The normalized spacial score (nSPS) is 19.2. The number of amides is 1. The highest BCUT2D eigenvalue weighted by atomic mass is 32.1. The van der Waals surface area contributed by atoms with Gasteiger partial charge < -0.3 is 19.3 Å². The standard InChI is InChI=1S/C33H30N2O6S/c1-5-13-40-25-12-8-20(17-26(25)39-6-2)29-28(30(36)21-9-11-24-22(16-21)15-19(4)41-24)31(37)32(38)35(29)33-34-23-10-7-18(3)14-27(23)42-33/h5,7-12,14,16-17,19,29,36H,1,6,13,15H2,2-4H3/b30-28+/t19-,29+/m0/s1. The van der Waals surface area contributed by atoms with Crippen LogP contribution in [-0.4, -0.2) is 41.1 Å². The van der Waals surface area contributed by atoms with Gasteiger partial charge in [-0.3, -0.25) is 14.5 Å². The van der Waals surface area contributed by atoms with Crippen LogP contribution >= 0.6 is 11.3 Å². The van der Waals surface area contributed by atoms with E-state index in [-0.39, 0.29) is 24.0 Å². The number of aliphatic hydroxyl groups excluding tert-OH is 1. The number of benzene rings is 3. The van der Waals surface area contributed by atoms with Gasteiger partial charge in [0.1, 0.15) is 24.2 Å². The topological polar surface area (TPSA) is 98.2 Å². The number of hydrogen-bond donors (Lipinski definition) is 1. The molecule has 0 radical (unpaired) electrons. The molecule has 8 nitrogen and oxygen atoms in total. The van der Waals surface area contributed by atoms with E-state index in [4.69, 9.17) is 19.2 Å². The Morgan fingerprint density at radius 1 is 1.14 bits per heavy atom. The number of thiazole rings is 1. The molecule has 9 heteroatoms. The fraction of sp³-hybridized carbons (Fsp3) is 0.242. The second-order valence-corrected chi connectivity index (χ2v) is 11.3. The highest BCUT2D eigenvalue weighted by Crippen LogP contribution is 2.46. The molecule has 6 rings (SSSR count). The van der Waals surface area contributed by atoms with Crippen LogP contribution in [-0.2, 0) is 16.0 Å². The number of ether oxygens (including phenoxy) is 3. The predicted octanol–water partition coefficient (Wildman–Crippen LogP) is 6.52. The van der Waals surface area contributed by atoms with Crippen LogP contribution in [0.25, 0.3) is 16.0 Å². The van der Waals surface area contributed by atoms with Crippen LogP contribution in [0.4, 0.5) is 5.13 Å². The summed E-state index contributed by atoms with van der Waals surface area (Å²) in [4.78, 5) is 33.6. The Labute approximate surface area is 247 Å². The van der Waals surface area contributed by atoms with Crippen LogP contribution in [0.15, 0.2) is 72.8 Å². The average Bonchev–Trinajstić information content (AvgIpc) is 3.63. The van der Waals surface area contributed by atoms with Crippen LogP contribution in [0.2, 0.25) is 0 Å². The molecule has 0 aliphatic carbocycles. The minimum atomic E-state index is -0.956. The number of Topliss-reactive ketones (excluding diaryl/α,β-unsaturated/α-hetero) is 1. The first-order valence-corrected chi connectivity index (χ1v) is 14.6. The Kier molecular flexibility index (Phi) is 7.20. The summed E-state index contributed by atoms with van der Waals surface area (Å²) in [7, 11) is 0. The number of carbonyl (C=O) groups excluding carboxylic acids is 2. The molecule has 1 saturated heterocycles. The molecule has 3 heterocycles. The predicted molar refractivity (Wildman–Crippen MR) is 163 cm³/mol. The second-order valence-electron chi connectivity index (χ2n) is 10.3. The van der Waals surface area contributed by atoms with Crippen molar-refractivity contribution in [3.05, 3.63) is 95.1 Å². The van der Waals surface area contributed by atoms with E-state index in [2.05, 4.69) is 6.58 Å². The maximum atomic E-state index is 13.7. The summed E-state index contributed by atoms with van der Waals surface area (Å²) in [6.45, 7) is 10.2. The third-order valence-corrected chi connectivity index (χ3v) is 8.31. The van der Waals surface area contributed by atoms with Gasteiger partial charge >= 0.3 is 5.91 Å². The van der Waals surface area contributed by atoms with Gasteiger partial charge in [0, 0.05) is 12.0 Å². The van der Waals surface area contributed by atoms with Crippen LogP contribution in [0, 0.1) is 6.92 Å². The van der Waals surface area contributed by atoms with Crippen LogP contribution in [0.5, 0.6) is 17.2 Å². The quantitative estimate of drug-likeness (QED) is 0.109. The van der Waals surface area contributed by atoms with Crippen molar-refractivity contribution in [3.8, 4) is 17.2 Å². The van der Waals surface area contributed by atoms with Crippen molar-refractivity contribution in [1.29, 1.82) is 0 Å². The number of anilines is 1. The average molecular weight is 583 g/mol. The largest absolute Gasteiger partial charge is 0.507 e. The highest BCUT2D eigenvalue weighted by Gasteiger charge is 2.48. The number of nitrogens with zero attached hydrogens (tertiary/aromatic N) is 2. The summed E-state index contributed by atoms with van der Waals surface area (Å²) in [6.07, 6.45) is 2.34. The minimum Gasteiger partial charge on any atom is -0.507 e. The second kappa shape index (κ2) is 11.0. The number of aryl methyl sites for hydroxylation is 1. The lowest BCUT2D eigenvalue weighted by Gasteiger charge is -2.24. The third kappa shape index (κ3) is 4.79. The van der Waals surface area contributed by atoms with Crippen LogP contribution in [0.3, 0.4) is 0 Å². The molecule has 2 aliphatic rings. The van der Waals surface area contributed by atoms with Crippen LogP contribution in [0.1, 0.15) is 42.1 Å². The Balaban J connectivity index is 1.54. The first-order valence-electron chi connectivity index (χ1n) is 13.8. The molecule has 1 amide bonds. The van der Waals surface area contributed by atoms with Crippen molar-refractivity contribution < 1.29 is 28.9 Å². The van der Waals surface area contributed by atoms with Crippen molar-refractivity contribution in [2.75, 3.05) is 18.1 Å². The number of hydrogen-bond acceptors (Lipinski definition) is 8. The Hall–Kier alpha value is -4.63. The van der Waals surface area contributed by atoms with Gasteiger partial charge in [0.25, 0.3) is 5.78 Å². The van der Waals surface area contributed by atoms with Gasteiger partial charge in [-0.1, -0.05) is 36.1 Å². The number of ketones is 1. The lowest BCUT2D eigenvalue weighted by atomic mass is 9.94. The molecule has 0 saturated carbocycles. The molecule has 42 heavy (non-hydrogen) atoms. The van der Waals surface area contributed by atoms with Crippen LogP contribution < -0.4 is 19.1 Å². The van der Waals surface area contributed by atoms with Crippen molar-refractivity contribution in [3.63, 3.8) is 0 Å². The van der Waals surface area contributed by atoms with E-state index in [0.29, 0.717) is 40.8 Å². The molecule has 2 atom stereocenters. The van der Waals surface area contributed by atoms with Gasteiger partial charge in [-0.15, -0.1) is 0 Å². The van der Waals surface area contributed by atoms with Crippen molar-refractivity contribution in [2.45, 2.75) is 39.3 Å². The Bertz CT molecular complexity index is 1770. The summed E-state index contributed by atoms with van der Waals surface area (Å²) in [6, 6.07) is 15.4. The van der Waals surface area contributed by atoms with E-state index in [1.807, 2.05) is 45.0 Å². The molecular formula is C33H30N2O6S. The molecule has 3 aromatic carbocycles. The molecule has 0 bridgehead atoms. The summed E-state index contributed by atoms with van der Waals surface area (Å²) in [5.41, 5.74) is 3.69. The number of aliphatic hydroxyl groups is 1. The zero-order chi connectivity index (χ0) is 29.5. The van der Waals surface area contributed by atoms with Gasteiger partial charge in [-0.05, 0) is 79.9 Å². The first kappa shape index (κ1) is 27.5. The number of rotatable bonds is 8. The number of carbonyl (C=O) groups is 2. The maximum Gasteiger partial charge on any atom is 0.301 e. The fourth-order valence-electron chi connectivity index (χ4n) is 5.42. The Morgan fingerprint density at radius 2 is 1.98 bits per heavy atom. The molecule has 214 valence electrons. The van der Waals surface area contributed by atoms with E-state index in [9.17, 15) is 14.7 Å². The molecule has 0 spiro atoms. The van der Waals surface area contributed by atoms with E-state index in [1.54, 1.807) is 36.4 Å². The first-order chi connectivity index (χ1) is 20.3. The highest BCUT2D eigenvalue weighted by molar-refractivity contribution is 7.22. The monoisotopic (exact) mass is 582 g/mol. The molecule has 1 aromatic heterocycles. The zero-order valence-electron chi connectivity index (χ0n) is 23.5. The molecule has 1 fully saturated rings. The summed E-state index contributed by atoms with van der Waals surface area (Å²) < 4.78 is 18.4. The van der Waals surface area contributed by atoms with Gasteiger partial charge in [-0.25, -0.2) is 4.98 Å². The van der Waals surface area contributed by atoms with Gasteiger partial charge in [0.15, 0.2) is 16.6 Å². The zero-order valence-corrected chi connectivity index (χ0v) is 24.4. The molecule has 0 unspecified atom stereocenters. The fourth-order valence-corrected chi connectivity index (χ4v) is 6.51. The van der Waals surface area contributed by atoms with Crippen molar-refractivity contribution in [2.24, 2.45) is 0 Å². The van der Waals surface area contributed by atoms with E-state index < -0.39 is 17.7 Å². The van der Waals surface area contributed by atoms with E-state index in [1.165, 1.54) is 16.2 Å². The van der Waals surface area contributed by atoms with E-state index >= 15 is 0 Å². The molecule has 2 aliphatic heterocycles. The summed E-state index contributed by atoms with van der Waals surface area (Å²) in [5.74, 6) is -0.113. The summed E-state index contributed by atoms with van der Waals surface area (Å²) >= 11 is 1.32. The number of fused-ring (bicyclic) bond motifs is 2. The molecular weight excluding hydrogens is 552 g/mol.